The lowest BCUT2D eigenvalue weighted by Gasteiger charge is -2.16. The summed E-state index contributed by atoms with van der Waals surface area (Å²) in [6, 6.07) is -0.967. The van der Waals surface area contributed by atoms with Crippen LogP contribution in [0.5, 0.6) is 0 Å². The lowest BCUT2D eigenvalue weighted by Crippen LogP contribution is -2.45. The van der Waals surface area contributed by atoms with Gasteiger partial charge in [-0.3, -0.25) is 9.36 Å². The van der Waals surface area contributed by atoms with Gasteiger partial charge in [-0.2, -0.15) is 0 Å². The van der Waals surface area contributed by atoms with E-state index in [1.165, 1.54) is 26.4 Å². The zero-order chi connectivity index (χ0) is 13.7. The summed E-state index contributed by atoms with van der Waals surface area (Å²) >= 11 is 5.69. The maximum Gasteiger partial charge on any atom is 0.347 e. The molecule has 1 rings (SSSR count). The van der Waals surface area contributed by atoms with Crippen LogP contribution in [-0.4, -0.2) is 34.6 Å². The van der Waals surface area contributed by atoms with Crippen molar-refractivity contribution in [2.24, 2.45) is 0 Å². The van der Waals surface area contributed by atoms with E-state index >= 15 is 0 Å². The molecule has 0 bridgehead atoms. The minimum Gasteiger partial charge on any atom is -0.467 e. The molecule has 18 heavy (non-hydrogen) atoms. The van der Waals surface area contributed by atoms with Crippen molar-refractivity contribution in [3.63, 3.8) is 0 Å². The number of hydrogen-bond acceptors (Lipinski definition) is 5. The number of aromatic nitrogens is 2. The Hall–Kier alpha value is -1.89. The van der Waals surface area contributed by atoms with Gasteiger partial charge in [-0.25, -0.2) is 14.6 Å². The van der Waals surface area contributed by atoms with Gasteiger partial charge in [0.05, 0.1) is 24.9 Å². The van der Waals surface area contributed by atoms with Gasteiger partial charge in [0.25, 0.3) is 0 Å². The minimum atomic E-state index is -0.967. The number of carbonyl (C=O) groups is 2. The lowest BCUT2D eigenvalue weighted by atomic mass is 10.3. The summed E-state index contributed by atoms with van der Waals surface area (Å²) in [5.41, 5.74) is -0.571. The molecule has 0 radical (unpaired) electrons. The van der Waals surface area contributed by atoms with E-state index < -0.39 is 23.6 Å². The number of amides is 1. The topological polar surface area (TPSA) is 90.3 Å². The number of hydrogen-bond donors (Lipinski definition) is 1. The lowest BCUT2D eigenvalue weighted by molar-refractivity contribution is -0.145. The van der Waals surface area contributed by atoms with Crippen LogP contribution in [0.4, 0.5) is 0 Å². The molecule has 98 valence electrons. The summed E-state index contributed by atoms with van der Waals surface area (Å²) < 4.78 is 5.66. The Labute approximate surface area is 108 Å². The summed E-state index contributed by atoms with van der Waals surface area (Å²) in [6.45, 7) is 1.16. The molecule has 0 saturated heterocycles. The predicted molar refractivity (Wildman–Crippen MR) is 63.1 cm³/mol. The third kappa shape index (κ3) is 3.85. The van der Waals surface area contributed by atoms with Crippen molar-refractivity contribution in [2.75, 3.05) is 7.11 Å². The third-order valence-corrected chi connectivity index (χ3v) is 2.26. The van der Waals surface area contributed by atoms with E-state index in [1.807, 2.05) is 0 Å². The fourth-order valence-electron chi connectivity index (χ4n) is 1.32. The molecule has 8 heteroatoms. The normalized spacial score (nSPS) is 11.7. The SMILES string of the molecule is COC(=O)C(Cn1cc(Cl)cnc1=O)NC(C)=O. The number of rotatable bonds is 4. The maximum absolute atomic E-state index is 11.4. The summed E-state index contributed by atoms with van der Waals surface area (Å²) in [6.07, 6.45) is 2.53. The number of methoxy groups -OCH3 is 1. The average molecular weight is 274 g/mol. The number of carbonyl (C=O) groups excluding carboxylic acids is 2. The van der Waals surface area contributed by atoms with Crippen LogP contribution in [0.3, 0.4) is 0 Å². The minimum absolute atomic E-state index is 0.0986. The van der Waals surface area contributed by atoms with E-state index in [1.54, 1.807) is 0 Å². The van der Waals surface area contributed by atoms with E-state index in [2.05, 4.69) is 15.0 Å². The molecule has 0 saturated carbocycles. The van der Waals surface area contributed by atoms with Crippen LogP contribution in [0.2, 0.25) is 5.02 Å². The molecule has 0 aromatic carbocycles. The van der Waals surface area contributed by atoms with E-state index in [0.717, 1.165) is 4.57 Å². The van der Waals surface area contributed by atoms with Crippen molar-refractivity contribution in [3.8, 4) is 0 Å². The zero-order valence-electron chi connectivity index (χ0n) is 9.84. The first-order valence-electron chi connectivity index (χ1n) is 5.01. The molecule has 0 fully saturated rings. The molecule has 1 atom stereocenters. The fraction of sp³-hybridized carbons (Fsp3) is 0.400. The van der Waals surface area contributed by atoms with Gasteiger partial charge < -0.3 is 10.1 Å². The van der Waals surface area contributed by atoms with Crippen LogP contribution in [-0.2, 0) is 20.9 Å². The Morgan fingerprint density at radius 1 is 1.61 bits per heavy atom. The Morgan fingerprint density at radius 2 is 2.28 bits per heavy atom. The van der Waals surface area contributed by atoms with Crippen LogP contribution in [0, 0.1) is 0 Å². The summed E-state index contributed by atoms with van der Waals surface area (Å²) in [4.78, 5) is 37.3. The molecule has 1 heterocycles. The monoisotopic (exact) mass is 273 g/mol. The highest BCUT2D eigenvalue weighted by Gasteiger charge is 2.21. The Balaban J connectivity index is 2.95. The van der Waals surface area contributed by atoms with E-state index in [9.17, 15) is 14.4 Å². The summed E-state index contributed by atoms with van der Waals surface area (Å²) in [7, 11) is 1.19. The molecule has 0 spiro atoms. The molecular formula is C10H12ClN3O4. The summed E-state index contributed by atoms with van der Waals surface area (Å²) in [5, 5.41) is 2.63. The van der Waals surface area contributed by atoms with Crippen LogP contribution < -0.4 is 11.0 Å². The first-order valence-corrected chi connectivity index (χ1v) is 5.38. The smallest absolute Gasteiger partial charge is 0.347 e. The van der Waals surface area contributed by atoms with Crippen LogP contribution in [0.15, 0.2) is 17.2 Å². The highest BCUT2D eigenvalue weighted by molar-refractivity contribution is 6.30. The first-order chi connectivity index (χ1) is 8.43. The molecular weight excluding hydrogens is 262 g/mol. The second kappa shape index (κ2) is 6.15. The van der Waals surface area contributed by atoms with Gasteiger partial charge in [0.1, 0.15) is 6.04 Å². The van der Waals surface area contributed by atoms with Crippen molar-refractivity contribution in [1.29, 1.82) is 0 Å². The fourth-order valence-corrected chi connectivity index (χ4v) is 1.49. The molecule has 0 aliphatic carbocycles. The van der Waals surface area contributed by atoms with Crippen LogP contribution in [0.1, 0.15) is 6.92 Å². The second-order valence-corrected chi connectivity index (χ2v) is 3.92. The quantitative estimate of drug-likeness (QED) is 0.752. The van der Waals surface area contributed by atoms with Gasteiger partial charge in [0.2, 0.25) is 5.91 Å². The molecule has 1 unspecified atom stereocenters. The van der Waals surface area contributed by atoms with Crippen molar-refractivity contribution in [3.05, 3.63) is 27.9 Å². The number of ether oxygens (including phenoxy) is 1. The van der Waals surface area contributed by atoms with E-state index in [4.69, 9.17) is 11.6 Å². The molecule has 0 aliphatic rings. The zero-order valence-corrected chi connectivity index (χ0v) is 10.6. The number of nitrogens with zero attached hydrogens (tertiary/aromatic N) is 2. The Kier molecular flexibility index (Phi) is 4.85. The van der Waals surface area contributed by atoms with Crippen molar-refractivity contribution >= 4 is 23.5 Å². The third-order valence-electron chi connectivity index (χ3n) is 2.07. The van der Waals surface area contributed by atoms with E-state index in [-0.39, 0.29) is 11.6 Å². The highest BCUT2D eigenvalue weighted by Crippen LogP contribution is 2.02. The average Bonchev–Trinajstić information content (AvgIpc) is 2.31. The first kappa shape index (κ1) is 14.2. The van der Waals surface area contributed by atoms with Gasteiger partial charge >= 0.3 is 11.7 Å². The highest BCUT2D eigenvalue weighted by atomic mass is 35.5. The standard InChI is InChI=1S/C10H12ClN3O4/c1-6(15)13-8(9(16)18-2)5-14-4-7(11)3-12-10(14)17/h3-4,8H,5H2,1-2H3,(H,13,15). The summed E-state index contributed by atoms with van der Waals surface area (Å²) in [5.74, 6) is -1.06. The predicted octanol–water partition coefficient (Wildman–Crippen LogP) is -0.426. The number of halogens is 1. The maximum atomic E-state index is 11.4. The molecule has 7 nitrogen and oxygen atoms in total. The molecule has 1 N–H and O–H groups in total. The van der Waals surface area contributed by atoms with Crippen LogP contribution >= 0.6 is 11.6 Å². The van der Waals surface area contributed by atoms with Gasteiger partial charge in [-0.1, -0.05) is 11.6 Å². The largest absolute Gasteiger partial charge is 0.467 e. The van der Waals surface area contributed by atoms with Crippen molar-refractivity contribution < 1.29 is 14.3 Å². The second-order valence-electron chi connectivity index (χ2n) is 3.48. The van der Waals surface area contributed by atoms with Gasteiger partial charge in [0, 0.05) is 13.1 Å². The molecule has 0 aliphatic heterocycles. The number of nitrogens with one attached hydrogen (secondary N) is 1. The van der Waals surface area contributed by atoms with Crippen molar-refractivity contribution in [1.82, 2.24) is 14.9 Å². The number of esters is 1. The molecule has 1 aromatic heterocycles. The molecule has 1 amide bonds. The van der Waals surface area contributed by atoms with Gasteiger partial charge in [-0.05, 0) is 0 Å². The molecule has 1 aromatic rings. The Bertz CT molecular complexity index is 514. The van der Waals surface area contributed by atoms with E-state index in [0.29, 0.717) is 0 Å². The van der Waals surface area contributed by atoms with Crippen LogP contribution in [0.25, 0.3) is 0 Å². The van der Waals surface area contributed by atoms with Gasteiger partial charge in [0.15, 0.2) is 0 Å². The van der Waals surface area contributed by atoms with Crippen molar-refractivity contribution in [2.45, 2.75) is 19.5 Å². The van der Waals surface area contributed by atoms with Gasteiger partial charge in [-0.15, -0.1) is 0 Å². The Morgan fingerprint density at radius 3 is 2.83 bits per heavy atom.